The number of nitrogens with zero attached hydrogens (tertiary/aromatic N) is 3. The molecule has 22 heavy (non-hydrogen) atoms. The highest BCUT2D eigenvalue weighted by Gasteiger charge is 2.20. The molecule has 6 heteroatoms. The van der Waals surface area contributed by atoms with Crippen molar-refractivity contribution in [2.24, 2.45) is 0 Å². The lowest BCUT2D eigenvalue weighted by molar-refractivity contribution is 0.132. The summed E-state index contributed by atoms with van der Waals surface area (Å²) >= 11 is 1.69. The zero-order chi connectivity index (χ0) is 15.4. The van der Waals surface area contributed by atoms with E-state index in [1.165, 1.54) is 0 Å². The summed E-state index contributed by atoms with van der Waals surface area (Å²) in [6.45, 7) is 6.21. The van der Waals surface area contributed by atoms with Crippen LogP contribution in [0.2, 0.25) is 0 Å². The number of nitrogens with one attached hydrogen (secondary N) is 1. The number of rotatable bonds is 6. The van der Waals surface area contributed by atoms with Gasteiger partial charge in [-0.15, -0.1) is 11.3 Å². The number of fused-ring (bicyclic) bond motifs is 1. The van der Waals surface area contributed by atoms with Crippen molar-refractivity contribution >= 4 is 27.4 Å². The van der Waals surface area contributed by atoms with Crippen molar-refractivity contribution in [3.8, 4) is 0 Å². The summed E-state index contributed by atoms with van der Waals surface area (Å²) in [5.74, 6) is 1.94. The van der Waals surface area contributed by atoms with Crippen molar-refractivity contribution in [2.75, 3.05) is 38.7 Å². The second-order valence-electron chi connectivity index (χ2n) is 5.73. The van der Waals surface area contributed by atoms with E-state index in [1.807, 2.05) is 0 Å². The van der Waals surface area contributed by atoms with Gasteiger partial charge in [-0.1, -0.05) is 6.92 Å². The van der Waals surface area contributed by atoms with Crippen LogP contribution in [0.4, 0.5) is 5.82 Å². The maximum Gasteiger partial charge on any atom is 0.138 e. The number of methoxy groups -OCH3 is 1. The van der Waals surface area contributed by atoms with Gasteiger partial charge in [-0.3, -0.25) is 0 Å². The van der Waals surface area contributed by atoms with E-state index in [0.717, 1.165) is 67.4 Å². The molecule has 1 N–H and O–H groups in total. The van der Waals surface area contributed by atoms with E-state index in [-0.39, 0.29) is 0 Å². The lowest BCUT2D eigenvalue weighted by Gasteiger charge is -2.32. The molecular weight excluding hydrogens is 296 g/mol. The molecule has 1 aliphatic heterocycles. The summed E-state index contributed by atoms with van der Waals surface area (Å²) in [5, 5.41) is 6.91. The van der Waals surface area contributed by atoms with Crippen LogP contribution < -0.4 is 5.32 Å². The van der Waals surface area contributed by atoms with Crippen molar-refractivity contribution in [2.45, 2.75) is 32.2 Å². The Hall–Kier alpha value is -1.24. The van der Waals surface area contributed by atoms with Crippen molar-refractivity contribution in [1.29, 1.82) is 0 Å². The second kappa shape index (κ2) is 7.35. The highest BCUT2D eigenvalue weighted by molar-refractivity contribution is 7.16. The minimum atomic E-state index is 0.501. The van der Waals surface area contributed by atoms with Crippen LogP contribution in [0.3, 0.4) is 0 Å². The van der Waals surface area contributed by atoms with E-state index >= 15 is 0 Å². The molecule has 120 valence electrons. The molecule has 0 unspecified atom stereocenters. The Labute approximate surface area is 135 Å². The Morgan fingerprint density at radius 3 is 2.91 bits per heavy atom. The molecule has 0 spiro atoms. The molecule has 1 aliphatic rings. The van der Waals surface area contributed by atoms with Crippen molar-refractivity contribution in [1.82, 2.24) is 14.9 Å². The molecule has 0 saturated carbocycles. The third-order valence-corrected chi connectivity index (χ3v) is 5.03. The van der Waals surface area contributed by atoms with Gasteiger partial charge in [-0.2, -0.15) is 0 Å². The first-order chi connectivity index (χ1) is 10.8. The molecule has 0 atom stereocenters. The van der Waals surface area contributed by atoms with Gasteiger partial charge in [0, 0.05) is 39.2 Å². The number of hydrogen-bond donors (Lipinski definition) is 1. The summed E-state index contributed by atoms with van der Waals surface area (Å²) in [5.41, 5.74) is 0. The number of aryl methyl sites for hydroxylation is 1. The maximum absolute atomic E-state index is 5.16. The maximum atomic E-state index is 5.16. The second-order valence-corrected chi connectivity index (χ2v) is 6.63. The van der Waals surface area contributed by atoms with Gasteiger partial charge in [0.1, 0.15) is 16.5 Å². The quantitative estimate of drug-likeness (QED) is 0.887. The summed E-state index contributed by atoms with van der Waals surface area (Å²) < 4.78 is 5.16. The molecule has 0 aliphatic carbocycles. The van der Waals surface area contributed by atoms with Crippen molar-refractivity contribution in [3.05, 3.63) is 17.3 Å². The predicted molar refractivity (Wildman–Crippen MR) is 91.8 cm³/mol. The lowest BCUT2D eigenvalue weighted by atomic mass is 10.0. The highest BCUT2D eigenvalue weighted by Crippen LogP contribution is 2.27. The SMILES string of the molecule is CCc1nc(NC2CCN(CCOC)CC2)c2ccsc2n1. The van der Waals surface area contributed by atoms with Crippen LogP contribution in [0.1, 0.15) is 25.6 Å². The normalized spacial score (nSPS) is 17.2. The molecular formula is C16H24N4OS. The van der Waals surface area contributed by atoms with Gasteiger partial charge in [-0.05, 0) is 24.3 Å². The van der Waals surface area contributed by atoms with E-state index in [4.69, 9.17) is 9.72 Å². The third-order valence-electron chi connectivity index (χ3n) is 4.23. The number of likely N-dealkylation sites (tertiary alicyclic amines) is 1. The number of thiophene rings is 1. The van der Waals surface area contributed by atoms with Crippen LogP contribution in [0, 0.1) is 0 Å². The number of aromatic nitrogens is 2. The van der Waals surface area contributed by atoms with Gasteiger partial charge in [0.25, 0.3) is 0 Å². The number of ether oxygens (including phenoxy) is 1. The average molecular weight is 320 g/mol. The largest absolute Gasteiger partial charge is 0.383 e. The van der Waals surface area contributed by atoms with E-state index in [1.54, 1.807) is 18.4 Å². The van der Waals surface area contributed by atoms with Crippen LogP contribution in [0.5, 0.6) is 0 Å². The van der Waals surface area contributed by atoms with Crippen LogP contribution >= 0.6 is 11.3 Å². The minimum Gasteiger partial charge on any atom is -0.383 e. The Morgan fingerprint density at radius 1 is 1.36 bits per heavy atom. The van der Waals surface area contributed by atoms with Gasteiger partial charge in [-0.25, -0.2) is 9.97 Å². The fourth-order valence-corrected chi connectivity index (χ4v) is 3.67. The van der Waals surface area contributed by atoms with Gasteiger partial charge in [0.2, 0.25) is 0 Å². The summed E-state index contributed by atoms with van der Waals surface area (Å²) in [6.07, 6.45) is 3.18. The summed E-state index contributed by atoms with van der Waals surface area (Å²) in [6, 6.07) is 2.62. The molecule has 0 radical (unpaired) electrons. The predicted octanol–water partition coefficient (Wildman–Crippen LogP) is 2.78. The molecule has 2 aromatic rings. The van der Waals surface area contributed by atoms with Crippen molar-refractivity contribution in [3.63, 3.8) is 0 Å². The summed E-state index contributed by atoms with van der Waals surface area (Å²) in [7, 11) is 1.76. The number of piperidine rings is 1. The monoisotopic (exact) mass is 320 g/mol. The lowest BCUT2D eigenvalue weighted by Crippen LogP contribution is -2.40. The zero-order valence-electron chi connectivity index (χ0n) is 13.3. The van der Waals surface area contributed by atoms with Gasteiger partial charge >= 0.3 is 0 Å². The van der Waals surface area contributed by atoms with Crippen LogP contribution in [-0.2, 0) is 11.2 Å². The van der Waals surface area contributed by atoms with E-state index in [9.17, 15) is 0 Å². The number of hydrogen-bond acceptors (Lipinski definition) is 6. The molecule has 1 fully saturated rings. The third kappa shape index (κ3) is 3.56. The standard InChI is InChI=1S/C16H24N4OS/c1-3-14-18-15(13-6-11-22-16(13)19-14)17-12-4-7-20(8-5-12)9-10-21-2/h6,11-12H,3-5,7-10H2,1-2H3,(H,17,18,19). The smallest absolute Gasteiger partial charge is 0.138 e. The van der Waals surface area contributed by atoms with Gasteiger partial charge < -0.3 is 15.0 Å². The van der Waals surface area contributed by atoms with E-state index in [0.29, 0.717) is 6.04 Å². The van der Waals surface area contributed by atoms with Crippen molar-refractivity contribution < 1.29 is 4.74 Å². The first kappa shape index (κ1) is 15.6. The Morgan fingerprint density at radius 2 is 2.18 bits per heavy atom. The molecule has 2 aromatic heterocycles. The summed E-state index contributed by atoms with van der Waals surface area (Å²) in [4.78, 5) is 12.9. The number of anilines is 1. The van der Waals surface area contributed by atoms with Gasteiger partial charge in [0.15, 0.2) is 0 Å². The van der Waals surface area contributed by atoms with Crippen LogP contribution in [0.25, 0.3) is 10.2 Å². The molecule has 3 heterocycles. The van der Waals surface area contributed by atoms with Crippen LogP contribution in [-0.4, -0.2) is 54.3 Å². The molecule has 3 rings (SSSR count). The Balaban J connectivity index is 1.65. The Bertz CT molecular complexity index is 607. The first-order valence-corrected chi connectivity index (χ1v) is 8.90. The molecule has 1 saturated heterocycles. The fourth-order valence-electron chi connectivity index (χ4n) is 2.88. The highest BCUT2D eigenvalue weighted by atomic mass is 32.1. The molecule has 0 bridgehead atoms. The van der Waals surface area contributed by atoms with E-state index in [2.05, 4.69) is 33.6 Å². The van der Waals surface area contributed by atoms with Crippen LogP contribution in [0.15, 0.2) is 11.4 Å². The zero-order valence-corrected chi connectivity index (χ0v) is 14.2. The minimum absolute atomic E-state index is 0.501. The Kier molecular flexibility index (Phi) is 5.23. The molecule has 0 amide bonds. The topological polar surface area (TPSA) is 50.3 Å². The molecule has 5 nitrogen and oxygen atoms in total. The fraction of sp³-hybridized carbons (Fsp3) is 0.625. The average Bonchev–Trinajstić information content (AvgIpc) is 3.03. The van der Waals surface area contributed by atoms with E-state index < -0.39 is 0 Å². The van der Waals surface area contributed by atoms with Gasteiger partial charge in [0.05, 0.1) is 12.0 Å². The first-order valence-electron chi connectivity index (χ1n) is 8.02. The molecule has 0 aromatic carbocycles.